The lowest BCUT2D eigenvalue weighted by Crippen LogP contribution is -2.36. The first-order valence-electron chi connectivity index (χ1n) is 6.98. The third-order valence-corrected chi connectivity index (χ3v) is 3.46. The Labute approximate surface area is 129 Å². The summed E-state index contributed by atoms with van der Waals surface area (Å²) in [5.41, 5.74) is 0.259. The number of amides is 1. The van der Waals surface area contributed by atoms with Crippen molar-refractivity contribution in [2.75, 3.05) is 18.4 Å². The minimum Gasteiger partial charge on any atom is -0.444 e. The molecule has 21 heavy (non-hydrogen) atoms. The Balaban J connectivity index is 1.90. The molecule has 1 aliphatic heterocycles. The molecule has 116 valence electrons. The van der Waals surface area contributed by atoms with Crippen LogP contribution in [0.2, 0.25) is 5.02 Å². The lowest BCUT2D eigenvalue weighted by atomic mass is 10.2. The van der Waals surface area contributed by atoms with Crippen molar-refractivity contribution in [3.63, 3.8) is 0 Å². The predicted molar refractivity (Wildman–Crippen MR) is 81.6 cm³/mol. The van der Waals surface area contributed by atoms with Gasteiger partial charge in [0.15, 0.2) is 0 Å². The molecule has 2 heterocycles. The molecule has 1 aromatic rings. The highest BCUT2D eigenvalue weighted by molar-refractivity contribution is 6.31. The Morgan fingerprint density at radius 3 is 2.86 bits per heavy atom. The average molecular weight is 313 g/mol. The molecule has 1 saturated heterocycles. The molecule has 1 aromatic heterocycles. The van der Waals surface area contributed by atoms with Crippen LogP contribution in [0.15, 0.2) is 6.20 Å². The Kier molecular flexibility index (Phi) is 4.56. The molecule has 1 amide bonds. The molecule has 0 bridgehead atoms. The normalized spacial score (nSPS) is 18.7. The first-order chi connectivity index (χ1) is 9.74. The van der Waals surface area contributed by atoms with Crippen molar-refractivity contribution in [1.82, 2.24) is 14.9 Å². The number of anilines is 1. The van der Waals surface area contributed by atoms with Gasteiger partial charge in [0, 0.05) is 19.1 Å². The maximum Gasteiger partial charge on any atom is 0.410 e. The van der Waals surface area contributed by atoms with E-state index in [1.165, 1.54) is 0 Å². The van der Waals surface area contributed by atoms with E-state index in [0.29, 0.717) is 24.1 Å². The zero-order valence-corrected chi connectivity index (χ0v) is 13.6. The van der Waals surface area contributed by atoms with Gasteiger partial charge >= 0.3 is 6.09 Å². The fraction of sp³-hybridized carbons (Fsp3) is 0.643. The second kappa shape index (κ2) is 6.05. The van der Waals surface area contributed by atoms with Crippen LogP contribution in [0.4, 0.5) is 10.7 Å². The molecule has 0 aromatic carbocycles. The summed E-state index contributed by atoms with van der Waals surface area (Å²) in [7, 11) is 0. The lowest BCUT2D eigenvalue weighted by Gasteiger charge is -2.24. The van der Waals surface area contributed by atoms with Gasteiger partial charge < -0.3 is 15.0 Å². The van der Waals surface area contributed by atoms with Crippen LogP contribution < -0.4 is 5.32 Å². The van der Waals surface area contributed by atoms with Crippen LogP contribution in [0.3, 0.4) is 0 Å². The summed E-state index contributed by atoms with van der Waals surface area (Å²) in [6, 6.07) is 0.123. The van der Waals surface area contributed by atoms with Crippen LogP contribution in [0.25, 0.3) is 0 Å². The van der Waals surface area contributed by atoms with E-state index in [0.717, 1.165) is 12.1 Å². The summed E-state index contributed by atoms with van der Waals surface area (Å²) in [5, 5.41) is 3.77. The number of carbonyl (C=O) groups excluding carboxylic acids is 1. The zero-order chi connectivity index (χ0) is 15.6. The molecule has 0 saturated carbocycles. The SMILES string of the molecule is Cc1nc(N[C@@H]2CCN(C(=O)OC(C)(C)C)C2)ncc1Cl. The van der Waals surface area contributed by atoms with E-state index in [-0.39, 0.29) is 12.1 Å². The Bertz CT molecular complexity index is 530. The molecule has 0 spiro atoms. The van der Waals surface area contributed by atoms with Crippen molar-refractivity contribution in [2.45, 2.75) is 45.8 Å². The monoisotopic (exact) mass is 312 g/mol. The topological polar surface area (TPSA) is 67.4 Å². The van der Waals surface area contributed by atoms with E-state index in [4.69, 9.17) is 16.3 Å². The molecule has 1 N–H and O–H groups in total. The average Bonchev–Trinajstić information content (AvgIpc) is 2.80. The molecule has 0 aliphatic carbocycles. The van der Waals surface area contributed by atoms with Crippen molar-refractivity contribution in [1.29, 1.82) is 0 Å². The minimum absolute atomic E-state index is 0.123. The minimum atomic E-state index is -0.473. The first kappa shape index (κ1) is 15.8. The number of carbonyl (C=O) groups is 1. The van der Waals surface area contributed by atoms with Gasteiger partial charge in [-0.3, -0.25) is 0 Å². The van der Waals surface area contributed by atoms with Crippen molar-refractivity contribution < 1.29 is 9.53 Å². The highest BCUT2D eigenvalue weighted by Crippen LogP contribution is 2.18. The van der Waals surface area contributed by atoms with Gasteiger partial charge in [-0.1, -0.05) is 11.6 Å². The smallest absolute Gasteiger partial charge is 0.410 e. The fourth-order valence-corrected chi connectivity index (χ4v) is 2.17. The molecular formula is C14H21ClN4O2. The van der Waals surface area contributed by atoms with E-state index >= 15 is 0 Å². The van der Waals surface area contributed by atoms with Crippen LogP contribution in [0, 0.1) is 6.92 Å². The van der Waals surface area contributed by atoms with Gasteiger partial charge in [0.25, 0.3) is 0 Å². The summed E-state index contributed by atoms with van der Waals surface area (Å²) < 4.78 is 5.37. The van der Waals surface area contributed by atoms with Gasteiger partial charge in [0.2, 0.25) is 5.95 Å². The summed E-state index contributed by atoms with van der Waals surface area (Å²) in [6.45, 7) is 8.67. The van der Waals surface area contributed by atoms with E-state index in [1.807, 2.05) is 27.7 Å². The second-order valence-electron chi connectivity index (χ2n) is 6.18. The number of nitrogens with zero attached hydrogens (tertiary/aromatic N) is 3. The summed E-state index contributed by atoms with van der Waals surface area (Å²) in [5.74, 6) is 0.535. The summed E-state index contributed by atoms with van der Waals surface area (Å²) in [4.78, 5) is 22.1. The number of hydrogen-bond donors (Lipinski definition) is 1. The van der Waals surface area contributed by atoms with Gasteiger partial charge in [-0.15, -0.1) is 0 Å². The maximum absolute atomic E-state index is 12.0. The fourth-order valence-electron chi connectivity index (χ4n) is 2.07. The molecule has 0 radical (unpaired) electrons. The second-order valence-corrected chi connectivity index (χ2v) is 6.59. The highest BCUT2D eigenvalue weighted by Gasteiger charge is 2.30. The van der Waals surface area contributed by atoms with Crippen molar-refractivity contribution >= 4 is 23.6 Å². The molecular weight excluding hydrogens is 292 g/mol. The third kappa shape index (κ3) is 4.46. The van der Waals surface area contributed by atoms with Crippen LogP contribution in [0.1, 0.15) is 32.9 Å². The molecule has 6 nitrogen and oxygen atoms in total. The maximum atomic E-state index is 12.0. The number of rotatable bonds is 2. The number of nitrogens with one attached hydrogen (secondary N) is 1. The number of ether oxygens (including phenoxy) is 1. The van der Waals surface area contributed by atoms with Crippen molar-refractivity contribution in [3.8, 4) is 0 Å². The number of hydrogen-bond acceptors (Lipinski definition) is 5. The first-order valence-corrected chi connectivity index (χ1v) is 7.36. The van der Waals surface area contributed by atoms with Crippen molar-refractivity contribution in [2.24, 2.45) is 0 Å². The van der Waals surface area contributed by atoms with Gasteiger partial charge in [0.05, 0.1) is 16.9 Å². The third-order valence-electron chi connectivity index (χ3n) is 3.09. The van der Waals surface area contributed by atoms with E-state index in [9.17, 15) is 4.79 Å². The van der Waals surface area contributed by atoms with Gasteiger partial charge in [-0.2, -0.15) is 0 Å². The molecule has 1 atom stereocenters. The van der Waals surface area contributed by atoms with Gasteiger partial charge in [-0.25, -0.2) is 14.8 Å². The Morgan fingerprint density at radius 2 is 2.24 bits per heavy atom. The van der Waals surface area contributed by atoms with Crippen LogP contribution in [-0.4, -0.2) is 45.7 Å². The summed E-state index contributed by atoms with van der Waals surface area (Å²) in [6.07, 6.45) is 2.14. The highest BCUT2D eigenvalue weighted by atomic mass is 35.5. The number of halogens is 1. The Morgan fingerprint density at radius 1 is 1.52 bits per heavy atom. The largest absolute Gasteiger partial charge is 0.444 e. The molecule has 2 rings (SSSR count). The van der Waals surface area contributed by atoms with Gasteiger partial charge in [0.1, 0.15) is 5.60 Å². The van der Waals surface area contributed by atoms with E-state index < -0.39 is 5.60 Å². The van der Waals surface area contributed by atoms with Crippen LogP contribution >= 0.6 is 11.6 Å². The lowest BCUT2D eigenvalue weighted by molar-refractivity contribution is 0.0293. The predicted octanol–water partition coefficient (Wildman–Crippen LogP) is 2.86. The Hall–Kier alpha value is -1.56. The van der Waals surface area contributed by atoms with Gasteiger partial charge in [-0.05, 0) is 34.1 Å². The molecule has 7 heteroatoms. The molecule has 0 unspecified atom stereocenters. The number of aromatic nitrogens is 2. The standard InChI is InChI=1S/C14H21ClN4O2/c1-9-11(15)7-16-12(17-9)18-10-5-6-19(8-10)13(20)21-14(2,3)4/h7,10H,5-6,8H2,1-4H3,(H,16,17,18)/t10-/m1/s1. The molecule has 1 aliphatic rings. The van der Waals surface area contributed by atoms with Crippen molar-refractivity contribution in [3.05, 3.63) is 16.9 Å². The van der Waals surface area contributed by atoms with Crippen LogP contribution in [0.5, 0.6) is 0 Å². The van der Waals surface area contributed by atoms with Crippen LogP contribution in [-0.2, 0) is 4.74 Å². The zero-order valence-electron chi connectivity index (χ0n) is 12.8. The summed E-state index contributed by atoms with van der Waals surface area (Å²) >= 11 is 5.90. The quantitative estimate of drug-likeness (QED) is 0.909. The van der Waals surface area contributed by atoms with E-state index in [1.54, 1.807) is 11.1 Å². The van der Waals surface area contributed by atoms with E-state index in [2.05, 4.69) is 15.3 Å². The molecule has 1 fully saturated rings. The number of aryl methyl sites for hydroxylation is 1. The number of likely N-dealkylation sites (tertiary alicyclic amines) is 1.